The maximum Gasteiger partial charge on any atom is 0.232 e. The van der Waals surface area contributed by atoms with E-state index in [4.69, 9.17) is 4.74 Å². The van der Waals surface area contributed by atoms with E-state index < -0.39 is 10.0 Å². The van der Waals surface area contributed by atoms with Crippen LogP contribution >= 0.6 is 0 Å². The molecule has 0 aromatic heterocycles. The maximum absolute atomic E-state index is 11.9. The lowest BCUT2D eigenvalue weighted by molar-refractivity contribution is 0.414. The molecule has 0 unspecified atom stereocenters. The molecule has 98 valence electrons. The van der Waals surface area contributed by atoms with Gasteiger partial charge < -0.3 is 4.74 Å². The van der Waals surface area contributed by atoms with Gasteiger partial charge in [-0.1, -0.05) is 6.07 Å². The van der Waals surface area contributed by atoms with E-state index in [9.17, 15) is 8.42 Å². The summed E-state index contributed by atoms with van der Waals surface area (Å²) < 4.78 is 30.4. The lowest BCUT2D eigenvalue weighted by Crippen LogP contribution is -2.38. The van der Waals surface area contributed by atoms with Crippen LogP contribution in [0.4, 0.5) is 5.69 Å². The molecule has 0 bridgehead atoms. The number of benzene rings is 1. The van der Waals surface area contributed by atoms with Crippen molar-refractivity contribution in [2.75, 3.05) is 24.2 Å². The number of methoxy groups -OCH3 is 1. The van der Waals surface area contributed by atoms with E-state index >= 15 is 0 Å². The van der Waals surface area contributed by atoms with Gasteiger partial charge in [-0.3, -0.25) is 4.31 Å². The number of anilines is 1. The Morgan fingerprint density at radius 1 is 1.28 bits per heavy atom. The zero-order chi connectivity index (χ0) is 13.0. The highest BCUT2D eigenvalue weighted by Crippen LogP contribution is 2.57. The largest absolute Gasteiger partial charge is 0.497 e. The first-order chi connectivity index (χ1) is 8.46. The minimum Gasteiger partial charge on any atom is -0.497 e. The molecule has 1 aliphatic heterocycles. The zero-order valence-corrected chi connectivity index (χ0v) is 11.5. The second kappa shape index (κ2) is 3.63. The lowest BCUT2D eigenvalue weighted by Gasteiger charge is -2.34. The van der Waals surface area contributed by atoms with E-state index in [1.807, 2.05) is 18.2 Å². The third-order valence-electron chi connectivity index (χ3n) is 4.09. The van der Waals surface area contributed by atoms with Crippen LogP contribution in [0, 0.1) is 0 Å². The van der Waals surface area contributed by atoms with Gasteiger partial charge in [-0.2, -0.15) is 0 Å². The molecule has 1 saturated carbocycles. The van der Waals surface area contributed by atoms with Crippen molar-refractivity contribution in [2.24, 2.45) is 0 Å². The standard InChI is InChI=1S/C13H17NO3S/c1-17-10-3-4-11-12(9-10)14(18(2,15)16)8-7-13(11)5-6-13/h3-4,9H,5-8H2,1-2H3. The molecule has 5 heteroatoms. The molecule has 18 heavy (non-hydrogen) atoms. The first-order valence-corrected chi connectivity index (χ1v) is 7.97. The first kappa shape index (κ1) is 11.8. The van der Waals surface area contributed by atoms with Crippen molar-refractivity contribution in [1.82, 2.24) is 0 Å². The Hall–Kier alpha value is -1.23. The Balaban J connectivity index is 2.16. The zero-order valence-electron chi connectivity index (χ0n) is 10.6. The van der Waals surface area contributed by atoms with Crippen LogP contribution in [0.25, 0.3) is 0 Å². The highest BCUT2D eigenvalue weighted by molar-refractivity contribution is 7.92. The van der Waals surface area contributed by atoms with Crippen molar-refractivity contribution < 1.29 is 13.2 Å². The topological polar surface area (TPSA) is 46.6 Å². The molecule has 0 atom stereocenters. The number of hydrogen-bond donors (Lipinski definition) is 0. The van der Waals surface area contributed by atoms with Gasteiger partial charge >= 0.3 is 0 Å². The van der Waals surface area contributed by atoms with Crippen molar-refractivity contribution in [3.05, 3.63) is 23.8 Å². The maximum atomic E-state index is 11.9. The summed E-state index contributed by atoms with van der Waals surface area (Å²) in [5, 5.41) is 0. The van der Waals surface area contributed by atoms with E-state index in [-0.39, 0.29) is 5.41 Å². The van der Waals surface area contributed by atoms with Gasteiger partial charge in [0.15, 0.2) is 0 Å². The van der Waals surface area contributed by atoms with Gasteiger partial charge in [-0.25, -0.2) is 8.42 Å². The van der Waals surface area contributed by atoms with Crippen molar-refractivity contribution in [1.29, 1.82) is 0 Å². The van der Waals surface area contributed by atoms with Crippen molar-refractivity contribution >= 4 is 15.7 Å². The number of rotatable bonds is 2. The molecular formula is C13H17NO3S. The van der Waals surface area contributed by atoms with E-state index in [1.54, 1.807) is 7.11 Å². The van der Waals surface area contributed by atoms with Gasteiger partial charge in [-0.05, 0) is 36.3 Å². The smallest absolute Gasteiger partial charge is 0.232 e. The Morgan fingerprint density at radius 3 is 2.56 bits per heavy atom. The normalized spacial score (nSPS) is 20.7. The molecule has 1 heterocycles. The molecule has 1 aromatic rings. The highest BCUT2D eigenvalue weighted by Gasteiger charge is 2.49. The highest BCUT2D eigenvalue weighted by atomic mass is 32.2. The Kier molecular flexibility index (Phi) is 2.39. The number of hydrogen-bond acceptors (Lipinski definition) is 3. The lowest BCUT2D eigenvalue weighted by atomic mass is 9.88. The molecule has 1 aliphatic carbocycles. The van der Waals surface area contributed by atoms with Crippen molar-refractivity contribution in [3.8, 4) is 5.75 Å². The summed E-state index contributed by atoms with van der Waals surface area (Å²) >= 11 is 0. The minimum atomic E-state index is -3.21. The number of ether oxygens (including phenoxy) is 1. The predicted molar refractivity (Wildman–Crippen MR) is 70.7 cm³/mol. The molecular weight excluding hydrogens is 250 g/mol. The summed E-state index contributed by atoms with van der Waals surface area (Å²) in [7, 11) is -1.61. The van der Waals surface area contributed by atoms with Crippen LogP contribution in [0.15, 0.2) is 18.2 Å². The first-order valence-electron chi connectivity index (χ1n) is 6.13. The van der Waals surface area contributed by atoms with E-state index in [2.05, 4.69) is 0 Å². The van der Waals surface area contributed by atoms with Crippen LogP contribution in [-0.4, -0.2) is 28.3 Å². The summed E-state index contributed by atoms with van der Waals surface area (Å²) in [6.07, 6.45) is 4.54. The second-order valence-corrected chi connectivity index (χ2v) is 7.16. The van der Waals surface area contributed by atoms with Crippen LogP contribution < -0.4 is 9.04 Å². The van der Waals surface area contributed by atoms with E-state index in [1.165, 1.54) is 29.0 Å². The molecule has 0 saturated heterocycles. The third kappa shape index (κ3) is 1.68. The fourth-order valence-corrected chi connectivity index (χ4v) is 3.81. The van der Waals surface area contributed by atoms with Crippen LogP contribution in [0.1, 0.15) is 24.8 Å². The minimum absolute atomic E-state index is 0.239. The average molecular weight is 267 g/mol. The molecule has 1 fully saturated rings. The molecule has 0 amide bonds. The fraction of sp³-hybridized carbons (Fsp3) is 0.538. The van der Waals surface area contributed by atoms with Gasteiger partial charge in [-0.15, -0.1) is 0 Å². The van der Waals surface area contributed by atoms with Gasteiger partial charge in [0.05, 0.1) is 19.1 Å². The molecule has 0 N–H and O–H groups in total. The summed E-state index contributed by atoms with van der Waals surface area (Å²) in [5.74, 6) is 0.708. The van der Waals surface area contributed by atoms with Crippen LogP contribution in [-0.2, 0) is 15.4 Å². The SMILES string of the molecule is COc1ccc2c(c1)N(S(C)(=O)=O)CCC21CC1. The number of nitrogens with zero attached hydrogens (tertiary/aromatic N) is 1. The average Bonchev–Trinajstić information content (AvgIpc) is 3.08. The summed E-state index contributed by atoms with van der Waals surface area (Å²) in [4.78, 5) is 0. The number of sulfonamides is 1. The number of fused-ring (bicyclic) bond motifs is 2. The van der Waals surface area contributed by atoms with Crippen LogP contribution in [0.5, 0.6) is 5.75 Å². The molecule has 1 spiro atoms. The molecule has 0 radical (unpaired) electrons. The Labute approximate surface area is 108 Å². The van der Waals surface area contributed by atoms with Gasteiger partial charge in [0, 0.05) is 12.6 Å². The van der Waals surface area contributed by atoms with Gasteiger partial charge in [0.1, 0.15) is 5.75 Å². The molecule has 2 aliphatic rings. The summed E-state index contributed by atoms with van der Waals surface area (Å²) in [6, 6.07) is 5.79. The van der Waals surface area contributed by atoms with Gasteiger partial charge in [0.25, 0.3) is 0 Å². The van der Waals surface area contributed by atoms with Crippen LogP contribution in [0.3, 0.4) is 0 Å². The van der Waals surface area contributed by atoms with Gasteiger partial charge in [0.2, 0.25) is 10.0 Å². The Morgan fingerprint density at radius 2 is 2.00 bits per heavy atom. The fourth-order valence-electron chi connectivity index (χ4n) is 2.88. The Bertz CT molecular complexity index is 590. The summed E-state index contributed by atoms with van der Waals surface area (Å²) in [6.45, 7) is 0.582. The molecule has 3 rings (SSSR count). The van der Waals surface area contributed by atoms with Crippen molar-refractivity contribution in [3.63, 3.8) is 0 Å². The third-order valence-corrected chi connectivity index (χ3v) is 5.27. The quantitative estimate of drug-likeness (QED) is 0.822. The second-order valence-electron chi connectivity index (χ2n) is 5.25. The molecule has 4 nitrogen and oxygen atoms in total. The van der Waals surface area contributed by atoms with E-state index in [0.29, 0.717) is 12.3 Å². The molecule has 1 aromatic carbocycles. The predicted octanol–water partition coefficient (Wildman–Crippen LogP) is 1.90. The van der Waals surface area contributed by atoms with Crippen LogP contribution in [0.2, 0.25) is 0 Å². The van der Waals surface area contributed by atoms with E-state index in [0.717, 1.165) is 12.1 Å². The van der Waals surface area contributed by atoms with Crippen molar-refractivity contribution in [2.45, 2.75) is 24.7 Å². The monoisotopic (exact) mass is 267 g/mol. The summed E-state index contributed by atoms with van der Waals surface area (Å²) in [5.41, 5.74) is 2.21.